The first-order chi connectivity index (χ1) is 17.7. The predicted octanol–water partition coefficient (Wildman–Crippen LogP) is 5.58. The van der Waals surface area contributed by atoms with Gasteiger partial charge in [0.05, 0.1) is 6.10 Å². The highest BCUT2D eigenvalue weighted by Crippen LogP contribution is 2.36. The van der Waals surface area contributed by atoms with Crippen molar-refractivity contribution >= 4 is 17.8 Å². The molecule has 2 aliphatic rings. The van der Waals surface area contributed by atoms with Crippen molar-refractivity contribution in [3.8, 4) is 16.9 Å². The van der Waals surface area contributed by atoms with E-state index in [1.165, 1.54) is 13.2 Å². The Morgan fingerprint density at radius 1 is 1.00 bits per heavy atom. The van der Waals surface area contributed by atoms with E-state index in [1.54, 1.807) is 32.9 Å². The van der Waals surface area contributed by atoms with Crippen LogP contribution in [-0.4, -0.2) is 49.8 Å². The largest absolute Gasteiger partial charge is 0.467 e. The van der Waals surface area contributed by atoms with Gasteiger partial charge in [0.1, 0.15) is 23.5 Å². The van der Waals surface area contributed by atoms with Crippen LogP contribution in [0.1, 0.15) is 50.0 Å². The van der Waals surface area contributed by atoms with Crippen molar-refractivity contribution in [1.29, 1.82) is 0 Å². The third kappa shape index (κ3) is 6.18. The first kappa shape index (κ1) is 26.8. The summed E-state index contributed by atoms with van der Waals surface area (Å²) in [4.78, 5) is 26.6. The molecule has 2 aromatic carbocycles. The van der Waals surface area contributed by atoms with Crippen LogP contribution in [0.5, 0.6) is 5.75 Å². The minimum absolute atomic E-state index is 0.0189. The van der Waals surface area contributed by atoms with Crippen molar-refractivity contribution in [2.75, 3.05) is 13.9 Å². The minimum Gasteiger partial charge on any atom is -0.467 e. The van der Waals surface area contributed by atoms with Gasteiger partial charge in [-0.1, -0.05) is 61.5 Å². The zero-order chi connectivity index (χ0) is 26.6. The maximum Gasteiger partial charge on any atom is 0.342 e. The van der Waals surface area contributed by atoms with Gasteiger partial charge in [0, 0.05) is 18.6 Å². The average molecular weight is 507 g/mol. The Kier molecular flexibility index (Phi) is 8.27. The molecule has 4 atom stereocenters. The number of hydrogen-bond donors (Lipinski definition) is 0. The second-order valence-corrected chi connectivity index (χ2v) is 9.78. The number of carbonyl (C=O) groups is 2. The highest BCUT2D eigenvalue weighted by Gasteiger charge is 2.43. The lowest BCUT2D eigenvalue weighted by molar-refractivity contribution is -0.152. The van der Waals surface area contributed by atoms with Gasteiger partial charge >= 0.3 is 5.97 Å². The van der Waals surface area contributed by atoms with Crippen molar-refractivity contribution in [3.63, 3.8) is 0 Å². The maximum absolute atomic E-state index is 13.6. The number of carbonyl (C=O) groups excluding carboxylic acids is 2. The van der Waals surface area contributed by atoms with Crippen LogP contribution in [0.2, 0.25) is 0 Å². The molecular weight excluding hydrogens is 472 g/mol. The monoisotopic (exact) mass is 506 g/mol. The molecule has 196 valence electrons. The molecule has 0 N–H and O–H groups in total. The van der Waals surface area contributed by atoms with Crippen LogP contribution in [0.4, 0.5) is 0 Å². The summed E-state index contributed by atoms with van der Waals surface area (Å²) in [6, 6.07) is 13.5. The molecule has 1 fully saturated rings. The Bertz CT molecular complexity index is 1180. The quantitative estimate of drug-likeness (QED) is 0.396. The zero-order valence-corrected chi connectivity index (χ0v) is 21.9. The van der Waals surface area contributed by atoms with E-state index in [0.717, 1.165) is 11.1 Å². The molecule has 2 aliphatic heterocycles. The topological polar surface area (TPSA) is 80.3 Å². The number of rotatable bonds is 4. The van der Waals surface area contributed by atoms with E-state index >= 15 is 0 Å². The van der Waals surface area contributed by atoms with E-state index in [4.69, 9.17) is 23.7 Å². The lowest BCUT2D eigenvalue weighted by Crippen LogP contribution is -2.30. The molecule has 2 aromatic rings. The second kappa shape index (κ2) is 11.4. The summed E-state index contributed by atoms with van der Waals surface area (Å²) in [6.45, 7) is 7.28. The van der Waals surface area contributed by atoms with Gasteiger partial charge < -0.3 is 23.7 Å². The first-order valence-electron chi connectivity index (χ1n) is 12.5. The Labute approximate surface area is 218 Å². The summed E-state index contributed by atoms with van der Waals surface area (Å²) >= 11 is 0. The minimum atomic E-state index is -0.882. The molecular formula is C30H34O7. The Hall–Kier alpha value is -3.26. The Morgan fingerprint density at radius 3 is 2.49 bits per heavy atom. The third-order valence-corrected chi connectivity index (χ3v) is 6.54. The molecule has 0 radical (unpaired) electrons. The van der Waals surface area contributed by atoms with Crippen molar-refractivity contribution in [1.82, 2.24) is 0 Å². The second-order valence-electron chi connectivity index (χ2n) is 9.78. The van der Waals surface area contributed by atoms with Gasteiger partial charge in [-0.25, -0.2) is 4.79 Å². The Balaban J connectivity index is 1.86. The number of ketones is 1. The van der Waals surface area contributed by atoms with Crippen LogP contribution < -0.4 is 4.74 Å². The molecule has 7 heteroatoms. The number of methoxy groups -OCH3 is 1. The smallest absolute Gasteiger partial charge is 0.342 e. The molecule has 0 aliphatic carbocycles. The lowest BCUT2D eigenvalue weighted by atomic mass is 9.93. The lowest BCUT2D eigenvalue weighted by Gasteiger charge is -2.22. The number of ether oxygens (including phenoxy) is 5. The first-order valence-corrected chi connectivity index (χ1v) is 12.5. The predicted molar refractivity (Wildman–Crippen MR) is 140 cm³/mol. The van der Waals surface area contributed by atoms with Crippen LogP contribution >= 0.6 is 0 Å². The molecule has 0 saturated carbocycles. The average Bonchev–Trinajstić information content (AvgIpc) is 3.19. The van der Waals surface area contributed by atoms with E-state index in [1.807, 2.05) is 55.5 Å². The summed E-state index contributed by atoms with van der Waals surface area (Å²) in [5.41, 5.74) is 2.75. The normalized spacial score (nSPS) is 27.4. The van der Waals surface area contributed by atoms with Gasteiger partial charge in [0.2, 0.25) is 0 Å². The molecule has 0 bridgehead atoms. The van der Waals surface area contributed by atoms with Crippen molar-refractivity contribution in [2.24, 2.45) is 5.92 Å². The van der Waals surface area contributed by atoms with E-state index in [9.17, 15) is 9.59 Å². The van der Waals surface area contributed by atoms with Gasteiger partial charge in [0.25, 0.3) is 0 Å². The molecule has 4 rings (SSSR count). The van der Waals surface area contributed by atoms with Gasteiger partial charge in [-0.2, -0.15) is 0 Å². The molecule has 1 saturated heterocycles. The summed E-state index contributed by atoms with van der Waals surface area (Å²) < 4.78 is 28.8. The molecule has 0 aromatic heterocycles. The summed E-state index contributed by atoms with van der Waals surface area (Å²) in [6.07, 6.45) is 5.72. The van der Waals surface area contributed by atoms with Crippen LogP contribution in [-0.2, 0) is 23.7 Å². The molecule has 0 spiro atoms. The fourth-order valence-electron chi connectivity index (χ4n) is 4.50. The van der Waals surface area contributed by atoms with Crippen LogP contribution in [0.25, 0.3) is 17.2 Å². The summed E-state index contributed by atoms with van der Waals surface area (Å²) in [5, 5.41) is 0. The van der Waals surface area contributed by atoms with Gasteiger partial charge in [-0.05, 0) is 50.5 Å². The standard InChI is InChI=1S/C30H34O7/c1-19-14-16-24(31)28-26(36-30(3,4)37-28)13-9-12-23-22(21-10-7-6-8-11-21)15-17-25(34-18-33-5)27(23)29(32)35-20(19)2/h6-12,14-17,19-20,26,28H,13,18H2,1-5H3/b12-9+,16-14-/t19-,20+,26+,28-/m1/s1. The van der Waals surface area contributed by atoms with E-state index < -0.39 is 30.1 Å². The van der Waals surface area contributed by atoms with E-state index in [2.05, 4.69) is 0 Å². The maximum atomic E-state index is 13.6. The molecule has 7 nitrogen and oxygen atoms in total. The van der Waals surface area contributed by atoms with E-state index in [-0.39, 0.29) is 18.5 Å². The highest BCUT2D eigenvalue weighted by molar-refractivity contribution is 6.00. The van der Waals surface area contributed by atoms with Gasteiger partial charge in [-0.15, -0.1) is 0 Å². The van der Waals surface area contributed by atoms with Crippen molar-refractivity contribution < 1.29 is 33.3 Å². The number of esters is 1. The number of benzene rings is 2. The molecule has 0 amide bonds. The molecule has 0 unspecified atom stereocenters. The summed E-state index contributed by atoms with van der Waals surface area (Å²) in [7, 11) is 1.52. The van der Waals surface area contributed by atoms with Crippen molar-refractivity contribution in [3.05, 3.63) is 71.8 Å². The highest BCUT2D eigenvalue weighted by atomic mass is 16.8. The molecule has 2 heterocycles. The van der Waals surface area contributed by atoms with Crippen LogP contribution in [0, 0.1) is 5.92 Å². The van der Waals surface area contributed by atoms with Crippen LogP contribution in [0.15, 0.2) is 60.7 Å². The SMILES string of the molecule is COCOc1ccc(-c2ccccc2)c2c1C(=O)O[C@@H](C)[C@H](C)/C=C\C(=O)[C@H]1OC(C)(C)O[C@H]1C/C=C/2. The Morgan fingerprint density at radius 2 is 1.76 bits per heavy atom. The van der Waals surface area contributed by atoms with Gasteiger partial charge in [0.15, 0.2) is 18.4 Å². The zero-order valence-electron chi connectivity index (χ0n) is 21.9. The third-order valence-electron chi connectivity index (χ3n) is 6.54. The summed E-state index contributed by atoms with van der Waals surface area (Å²) in [5.74, 6) is -1.42. The van der Waals surface area contributed by atoms with Crippen LogP contribution in [0.3, 0.4) is 0 Å². The van der Waals surface area contributed by atoms with Gasteiger partial charge in [-0.3, -0.25) is 4.79 Å². The van der Waals surface area contributed by atoms with E-state index in [0.29, 0.717) is 23.3 Å². The number of fused-ring (bicyclic) bond motifs is 2. The fourth-order valence-corrected chi connectivity index (χ4v) is 4.50. The van der Waals surface area contributed by atoms with Crippen molar-refractivity contribution in [2.45, 2.75) is 58.2 Å². The molecule has 37 heavy (non-hydrogen) atoms. The fraction of sp³-hybridized carbons (Fsp3) is 0.400. The number of cyclic esters (lactones) is 1. The number of hydrogen-bond acceptors (Lipinski definition) is 7.